The number of carboxylic acids is 1. The van der Waals surface area contributed by atoms with E-state index in [9.17, 15) is 4.79 Å². The summed E-state index contributed by atoms with van der Waals surface area (Å²) in [4.78, 5) is 11.1. The molecule has 0 saturated carbocycles. The highest BCUT2D eigenvalue weighted by Crippen LogP contribution is 2.10. The van der Waals surface area contributed by atoms with Crippen molar-refractivity contribution in [1.82, 2.24) is 20.3 Å². The van der Waals surface area contributed by atoms with E-state index < -0.39 is 12.0 Å². The standard InChI is InChI=1S/C10H18N4O3/c1-7(2)5-11-9(10(16)17)8-6-14(3-4-15)13-12-8/h6-7,9,11,15H,3-5H2,1-2H3,(H,16,17). The molecule has 1 aromatic rings. The second-order valence-electron chi connectivity index (χ2n) is 4.20. The highest BCUT2D eigenvalue weighted by atomic mass is 16.4. The summed E-state index contributed by atoms with van der Waals surface area (Å²) in [6.07, 6.45) is 1.53. The zero-order valence-electron chi connectivity index (χ0n) is 10.00. The number of aliphatic hydroxyl groups excluding tert-OH is 1. The summed E-state index contributed by atoms with van der Waals surface area (Å²) in [6, 6.07) is -0.857. The van der Waals surface area contributed by atoms with Gasteiger partial charge >= 0.3 is 5.97 Å². The molecule has 0 aliphatic heterocycles. The van der Waals surface area contributed by atoms with Crippen molar-refractivity contribution in [3.8, 4) is 0 Å². The van der Waals surface area contributed by atoms with Crippen LogP contribution in [0.2, 0.25) is 0 Å². The molecule has 3 N–H and O–H groups in total. The van der Waals surface area contributed by atoms with Gasteiger partial charge in [0.25, 0.3) is 0 Å². The highest BCUT2D eigenvalue weighted by molar-refractivity contribution is 5.74. The van der Waals surface area contributed by atoms with Gasteiger partial charge in [-0.05, 0) is 12.5 Å². The van der Waals surface area contributed by atoms with E-state index in [1.54, 1.807) is 0 Å². The topological polar surface area (TPSA) is 100 Å². The van der Waals surface area contributed by atoms with Crippen molar-refractivity contribution in [2.45, 2.75) is 26.4 Å². The molecule has 0 aliphatic rings. The molecule has 1 rings (SSSR count). The highest BCUT2D eigenvalue weighted by Gasteiger charge is 2.22. The summed E-state index contributed by atoms with van der Waals surface area (Å²) in [7, 11) is 0. The van der Waals surface area contributed by atoms with Crippen molar-refractivity contribution in [2.75, 3.05) is 13.2 Å². The molecule has 0 bridgehead atoms. The summed E-state index contributed by atoms with van der Waals surface area (Å²) in [5.74, 6) is -0.633. The van der Waals surface area contributed by atoms with Crippen LogP contribution < -0.4 is 5.32 Å². The van der Waals surface area contributed by atoms with Crippen molar-refractivity contribution in [3.05, 3.63) is 11.9 Å². The van der Waals surface area contributed by atoms with Crippen LogP contribution in [0.3, 0.4) is 0 Å². The van der Waals surface area contributed by atoms with Gasteiger partial charge in [-0.25, -0.2) is 4.68 Å². The maximum atomic E-state index is 11.1. The van der Waals surface area contributed by atoms with Crippen molar-refractivity contribution < 1.29 is 15.0 Å². The Balaban J connectivity index is 2.71. The Bertz CT molecular complexity index is 364. The molecule has 0 aliphatic carbocycles. The number of rotatable bonds is 7. The van der Waals surface area contributed by atoms with Gasteiger partial charge in [-0.2, -0.15) is 0 Å². The van der Waals surface area contributed by atoms with E-state index in [4.69, 9.17) is 10.2 Å². The molecule has 7 nitrogen and oxygen atoms in total. The normalized spacial score (nSPS) is 12.9. The minimum atomic E-state index is -0.985. The van der Waals surface area contributed by atoms with E-state index in [-0.39, 0.29) is 6.61 Å². The fraction of sp³-hybridized carbons (Fsp3) is 0.700. The average molecular weight is 242 g/mol. The molecule has 96 valence electrons. The van der Waals surface area contributed by atoms with Gasteiger partial charge in [0.2, 0.25) is 0 Å². The van der Waals surface area contributed by atoms with E-state index in [1.807, 2.05) is 13.8 Å². The van der Waals surface area contributed by atoms with Crippen LogP contribution in [0.1, 0.15) is 25.6 Å². The van der Waals surface area contributed by atoms with Crippen molar-refractivity contribution >= 4 is 5.97 Å². The van der Waals surface area contributed by atoms with Crippen LogP contribution in [0, 0.1) is 5.92 Å². The first-order chi connectivity index (χ1) is 8.04. The molecule has 1 unspecified atom stereocenters. The SMILES string of the molecule is CC(C)CNC(C(=O)O)c1cn(CCO)nn1. The van der Waals surface area contributed by atoms with Crippen molar-refractivity contribution in [3.63, 3.8) is 0 Å². The van der Waals surface area contributed by atoms with Crippen LogP contribution in [-0.4, -0.2) is 44.3 Å². The quantitative estimate of drug-likeness (QED) is 0.604. The molecular formula is C10H18N4O3. The third kappa shape index (κ3) is 4.12. The summed E-state index contributed by atoms with van der Waals surface area (Å²) in [5.41, 5.74) is 0.353. The molecule has 17 heavy (non-hydrogen) atoms. The number of carbonyl (C=O) groups is 1. The Labute approximate surface area is 99.4 Å². The van der Waals surface area contributed by atoms with E-state index in [0.29, 0.717) is 24.7 Å². The summed E-state index contributed by atoms with van der Waals surface area (Å²) in [6.45, 7) is 4.83. The number of carboxylic acid groups (broad SMARTS) is 1. The first-order valence-electron chi connectivity index (χ1n) is 5.51. The van der Waals surface area contributed by atoms with Gasteiger partial charge in [0.1, 0.15) is 5.69 Å². The largest absolute Gasteiger partial charge is 0.480 e. The fourth-order valence-corrected chi connectivity index (χ4v) is 1.33. The molecule has 0 saturated heterocycles. The van der Waals surface area contributed by atoms with Gasteiger partial charge in [0.15, 0.2) is 6.04 Å². The predicted molar refractivity (Wildman–Crippen MR) is 60.3 cm³/mol. The Morgan fingerprint density at radius 2 is 2.29 bits per heavy atom. The van der Waals surface area contributed by atoms with Crippen LogP contribution >= 0.6 is 0 Å². The smallest absolute Gasteiger partial charge is 0.327 e. The summed E-state index contributed by atoms with van der Waals surface area (Å²) in [5, 5.41) is 28.3. The molecule has 1 atom stereocenters. The summed E-state index contributed by atoms with van der Waals surface area (Å²) < 4.78 is 1.42. The van der Waals surface area contributed by atoms with Crippen LogP contribution in [0.5, 0.6) is 0 Å². The van der Waals surface area contributed by atoms with E-state index in [1.165, 1.54) is 10.9 Å². The average Bonchev–Trinajstić information content (AvgIpc) is 2.66. The van der Waals surface area contributed by atoms with Gasteiger partial charge in [0.05, 0.1) is 19.3 Å². The molecule has 1 heterocycles. The summed E-state index contributed by atoms with van der Waals surface area (Å²) >= 11 is 0. The Morgan fingerprint density at radius 3 is 2.82 bits per heavy atom. The first kappa shape index (κ1) is 13.6. The van der Waals surface area contributed by atoms with Crippen molar-refractivity contribution in [1.29, 1.82) is 0 Å². The van der Waals surface area contributed by atoms with Gasteiger partial charge < -0.3 is 10.2 Å². The zero-order chi connectivity index (χ0) is 12.8. The van der Waals surface area contributed by atoms with E-state index >= 15 is 0 Å². The van der Waals surface area contributed by atoms with Gasteiger partial charge in [-0.15, -0.1) is 5.10 Å². The third-order valence-electron chi connectivity index (χ3n) is 2.16. The Hall–Kier alpha value is -1.47. The molecule has 0 spiro atoms. The van der Waals surface area contributed by atoms with Crippen LogP contribution in [0.15, 0.2) is 6.20 Å². The number of hydrogen-bond acceptors (Lipinski definition) is 5. The number of aliphatic carboxylic acids is 1. The fourth-order valence-electron chi connectivity index (χ4n) is 1.33. The van der Waals surface area contributed by atoms with Gasteiger partial charge in [-0.1, -0.05) is 19.1 Å². The minimum absolute atomic E-state index is 0.0556. The lowest BCUT2D eigenvalue weighted by Gasteiger charge is -2.13. The molecule has 0 fully saturated rings. The minimum Gasteiger partial charge on any atom is -0.480 e. The lowest BCUT2D eigenvalue weighted by Crippen LogP contribution is -2.31. The lowest BCUT2D eigenvalue weighted by atomic mass is 10.1. The Morgan fingerprint density at radius 1 is 1.59 bits per heavy atom. The maximum Gasteiger partial charge on any atom is 0.327 e. The first-order valence-corrected chi connectivity index (χ1v) is 5.51. The lowest BCUT2D eigenvalue weighted by molar-refractivity contribution is -0.139. The maximum absolute atomic E-state index is 11.1. The Kier molecular flexibility index (Phi) is 5.05. The molecule has 1 aromatic heterocycles. The zero-order valence-corrected chi connectivity index (χ0v) is 10.00. The van der Waals surface area contributed by atoms with Crippen LogP contribution in [0.4, 0.5) is 0 Å². The molecule has 7 heteroatoms. The second-order valence-corrected chi connectivity index (χ2v) is 4.20. The predicted octanol–water partition coefficient (Wildman–Crippen LogP) is -0.358. The second kappa shape index (κ2) is 6.31. The molecule has 0 radical (unpaired) electrons. The van der Waals surface area contributed by atoms with E-state index in [0.717, 1.165) is 0 Å². The van der Waals surface area contributed by atoms with Gasteiger partial charge in [0, 0.05) is 0 Å². The molecule has 0 amide bonds. The molecular weight excluding hydrogens is 224 g/mol. The molecule has 0 aromatic carbocycles. The van der Waals surface area contributed by atoms with E-state index in [2.05, 4.69) is 15.6 Å². The third-order valence-corrected chi connectivity index (χ3v) is 2.16. The van der Waals surface area contributed by atoms with Crippen LogP contribution in [0.25, 0.3) is 0 Å². The number of nitrogens with one attached hydrogen (secondary N) is 1. The number of hydrogen-bond donors (Lipinski definition) is 3. The van der Waals surface area contributed by atoms with Gasteiger partial charge in [-0.3, -0.25) is 10.1 Å². The number of nitrogens with zero attached hydrogens (tertiary/aromatic N) is 3. The monoisotopic (exact) mass is 242 g/mol. The van der Waals surface area contributed by atoms with Crippen molar-refractivity contribution in [2.24, 2.45) is 5.92 Å². The number of aromatic nitrogens is 3. The number of aliphatic hydroxyl groups is 1. The van der Waals surface area contributed by atoms with Crippen LogP contribution in [-0.2, 0) is 11.3 Å².